The molecule has 0 heterocycles. The van der Waals surface area contributed by atoms with Crippen LogP contribution < -0.4 is 5.32 Å². The number of carbonyl (C=O) groups excluding carboxylic acids is 1. The van der Waals surface area contributed by atoms with Crippen molar-refractivity contribution in [1.29, 1.82) is 0 Å². The van der Waals surface area contributed by atoms with Crippen molar-refractivity contribution in [2.45, 2.75) is 6.42 Å². The predicted molar refractivity (Wildman–Crippen MR) is 77.2 cm³/mol. The van der Waals surface area contributed by atoms with E-state index in [0.717, 1.165) is 4.31 Å². The van der Waals surface area contributed by atoms with Crippen molar-refractivity contribution in [3.63, 3.8) is 0 Å². The van der Waals surface area contributed by atoms with Gasteiger partial charge in [-0.15, -0.1) is 0 Å². The molecule has 0 aliphatic rings. The van der Waals surface area contributed by atoms with E-state index in [1.54, 1.807) is 0 Å². The van der Waals surface area contributed by atoms with Gasteiger partial charge in [0, 0.05) is 36.2 Å². The molecular weight excluding hydrogens is 311 g/mol. The highest BCUT2D eigenvalue weighted by Crippen LogP contribution is 2.22. The molecule has 0 aliphatic carbocycles. The Morgan fingerprint density at radius 2 is 1.74 bits per heavy atom. The lowest BCUT2D eigenvalue weighted by Crippen LogP contribution is -2.27. The van der Waals surface area contributed by atoms with Crippen molar-refractivity contribution < 1.29 is 13.2 Å². The predicted octanol–water partition coefficient (Wildman–Crippen LogP) is 2.21. The van der Waals surface area contributed by atoms with Crippen LogP contribution in [0.5, 0.6) is 0 Å². The quantitative estimate of drug-likeness (QED) is 0.903. The topological polar surface area (TPSA) is 66.5 Å². The van der Waals surface area contributed by atoms with E-state index in [9.17, 15) is 13.2 Å². The van der Waals surface area contributed by atoms with Gasteiger partial charge in [0.05, 0.1) is 5.75 Å². The highest BCUT2D eigenvalue weighted by molar-refractivity contribution is 7.89. The van der Waals surface area contributed by atoms with Crippen LogP contribution in [0.25, 0.3) is 0 Å². The zero-order valence-corrected chi connectivity index (χ0v) is 12.8. The average Bonchev–Trinajstić information content (AvgIpc) is 2.24. The first kappa shape index (κ1) is 16.2. The van der Waals surface area contributed by atoms with Crippen LogP contribution in [0.3, 0.4) is 0 Å². The summed E-state index contributed by atoms with van der Waals surface area (Å²) in [5.41, 5.74) is 0.435. The number of nitrogens with zero attached hydrogens (tertiary/aromatic N) is 1. The number of sulfonamides is 1. The highest BCUT2D eigenvalue weighted by Gasteiger charge is 2.16. The Labute approximate surface area is 122 Å². The molecule has 0 radical (unpaired) electrons. The molecule has 0 spiro atoms. The van der Waals surface area contributed by atoms with Crippen LogP contribution in [0, 0.1) is 0 Å². The van der Waals surface area contributed by atoms with Gasteiger partial charge in [-0.2, -0.15) is 0 Å². The Morgan fingerprint density at radius 3 is 2.21 bits per heavy atom. The maximum absolute atomic E-state index is 11.6. The van der Waals surface area contributed by atoms with Gasteiger partial charge in [0.25, 0.3) is 0 Å². The lowest BCUT2D eigenvalue weighted by Gasteiger charge is -2.11. The van der Waals surface area contributed by atoms with E-state index in [1.165, 1.54) is 32.3 Å². The molecule has 8 heteroatoms. The van der Waals surface area contributed by atoms with Crippen LogP contribution in [0.4, 0.5) is 5.69 Å². The van der Waals surface area contributed by atoms with Crippen LogP contribution in [0.2, 0.25) is 10.0 Å². The zero-order chi connectivity index (χ0) is 14.6. The fraction of sp³-hybridized carbons (Fsp3) is 0.364. The molecular formula is C11H14Cl2N2O3S. The summed E-state index contributed by atoms with van der Waals surface area (Å²) in [6.45, 7) is 0. The summed E-state index contributed by atoms with van der Waals surface area (Å²) >= 11 is 11.6. The lowest BCUT2D eigenvalue weighted by atomic mass is 10.3. The summed E-state index contributed by atoms with van der Waals surface area (Å²) in [5, 5.41) is 3.33. The number of amides is 1. The van der Waals surface area contributed by atoms with Gasteiger partial charge in [-0.1, -0.05) is 23.2 Å². The van der Waals surface area contributed by atoms with Gasteiger partial charge in [-0.05, 0) is 18.2 Å². The Balaban J connectivity index is 2.61. The number of benzene rings is 1. The minimum Gasteiger partial charge on any atom is -0.326 e. The molecule has 5 nitrogen and oxygen atoms in total. The highest BCUT2D eigenvalue weighted by atomic mass is 35.5. The van der Waals surface area contributed by atoms with Gasteiger partial charge < -0.3 is 5.32 Å². The average molecular weight is 325 g/mol. The molecule has 19 heavy (non-hydrogen) atoms. The molecule has 1 amide bonds. The Bertz CT molecular complexity index is 553. The fourth-order valence-corrected chi connectivity index (χ4v) is 2.59. The molecule has 1 aromatic carbocycles. The van der Waals surface area contributed by atoms with Crippen LogP contribution in [-0.2, 0) is 14.8 Å². The molecule has 0 aromatic heterocycles. The van der Waals surface area contributed by atoms with E-state index in [0.29, 0.717) is 15.7 Å². The maximum atomic E-state index is 11.6. The van der Waals surface area contributed by atoms with Gasteiger partial charge >= 0.3 is 0 Å². The largest absolute Gasteiger partial charge is 0.326 e. The number of carbonyl (C=O) groups is 1. The third-order valence-corrected chi connectivity index (χ3v) is 4.56. The van der Waals surface area contributed by atoms with Crippen molar-refractivity contribution in [3.05, 3.63) is 28.2 Å². The fourth-order valence-electron chi connectivity index (χ4n) is 1.25. The monoisotopic (exact) mass is 324 g/mol. The van der Waals surface area contributed by atoms with Crippen molar-refractivity contribution in [2.24, 2.45) is 0 Å². The number of rotatable bonds is 5. The maximum Gasteiger partial charge on any atom is 0.225 e. The van der Waals surface area contributed by atoms with Gasteiger partial charge in [0.15, 0.2) is 0 Å². The Hall–Kier alpha value is -0.820. The van der Waals surface area contributed by atoms with E-state index in [1.807, 2.05) is 0 Å². The summed E-state index contributed by atoms with van der Waals surface area (Å²) in [6.07, 6.45) is -0.134. The number of nitrogens with one attached hydrogen (secondary N) is 1. The molecule has 0 atom stereocenters. The van der Waals surface area contributed by atoms with Gasteiger partial charge in [0.2, 0.25) is 15.9 Å². The molecule has 1 aromatic rings. The summed E-state index contributed by atoms with van der Waals surface area (Å²) < 4.78 is 24.1. The Kier molecular flexibility index (Phi) is 5.61. The molecule has 0 saturated heterocycles. The van der Waals surface area contributed by atoms with E-state index in [-0.39, 0.29) is 12.2 Å². The van der Waals surface area contributed by atoms with Crippen LogP contribution in [0.15, 0.2) is 18.2 Å². The van der Waals surface area contributed by atoms with Gasteiger partial charge in [-0.25, -0.2) is 12.7 Å². The van der Waals surface area contributed by atoms with Crippen molar-refractivity contribution in [3.8, 4) is 0 Å². The number of hydrogen-bond donors (Lipinski definition) is 1. The van der Waals surface area contributed by atoms with Crippen LogP contribution in [-0.4, -0.2) is 38.5 Å². The second-order valence-electron chi connectivity index (χ2n) is 4.05. The molecule has 1 rings (SSSR count). The second-order valence-corrected chi connectivity index (χ2v) is 7.23. The molecule has 0 saturated carbocycles. The SMILES string of the molecule is CN(C)S(=O)(=O)CCC(=O)Nc1cc(Cl)cc(Cl)c1. The summed E-state index contributed by atoms with van der Waals surface area (Å²) in [5.74, 6) is -0.663. The van der Waals surface area contributed by atoms with E-state index in [4.69, 9.17) is 23.2 Å². The third kappa shape index (κ3) is 5.36. The standard InChI is InChI=1S/C11H14Cl2N2O3S/c1-15(2)19(17,18)4-3-11(16)14-10-6-8(12)5-9(13)7-10/h5-7H,3-4H2,1-2H3,(H,14,16). The normalized spacial score (nSPS) is 11.6. The van der Waals surface area contributed by atoms with Gasteiger partial charge in [0.1, 0.15) is 0 Å². The number of hydrogen-bond acceptors (Lipinski definition) is 3. The molecule has 1 N–H and O–H groups in total. The van der Waals surface area contributed by atoms with Crippen molar-refractivity contribution in [2.75, 3.05) is 25.2 Å². The third-order valence-electron chi connectivity index (χ3n) is 2.29. The van der Waals surface area contributed by atoms with Crippen molar-refractivity contribution in [1.82, 2.24) is 4.31 Å². The molecule has 0 unspecified atom stereocenters. The van der Waals surface area contributed by atoms with Crippen LogP contribution in [0.1, 0.15) is 6.42 Å². The molecule has 0 bridgehead atoms. The summed E-state index contributed by atoms with van der Waals surface area (Å²) in [4.78, 5) is 11.6. The summed E-state index contributed by atoms with van der Waals surface area (Å²) in [7, 11) is -0.540. The van der Waals surface area contributed by atoms with E-state index >= 15 is 0 Å². The molecule has 0 fully saturated rings. The molecule has 0 aliphatic heterocycles. The first-order valence-corrected chi connectivity index (χ1v) is 7.73. The van der Waals surface area contributed by atoms with Gasteiger partial charge in [-0.3, -0.25) is 4.79 Å². The number of halogens is 2. The van der Waals surface area contributed by atoms with E-state index < -0.39 is 15.9 Å². The Morgan fingerprint density at radius 1 is 1.21 bits per heavy atom. The smallest absolute Gasteiger partial charge is 0.225 e. The first-order chi connectivity index (χ1) is 8.70. The van der Waals surface area contributed by atoms with Crippen molar-refractivity contribution >= 4 is 44.8 Å². The van der Waals surface area contributed by atoms with E-state index in [2.05, 4.69) is 5.32 Å². The lowest BCUT2D eigenvalue weighted by molar-refractivity contribution is -0.115. The van der Waals surface area contributed by atoms with Crippen LogP contribution >= 0.6 is 23.2 Å². The minimum atomic E-state index is -3.38. The zero-order valence-electron chi connectivity index (χ0n) is 10.5. The second kappa shape index (κ2) is 6.56. The minimum absolute atomic E-state index is 0.134. The molecule has 106 valence electrons. The number of anilines is 1. The summed E-state index contributed by atoms with van der Waals surface area (Å²) in [6, 6.07) is 4.60. The first-order valence-electron chi connectivity index (χ1n) is 5.37.